The highest BCUT2D eigenvalue weighted by Gasteiger charge is 2.31. The van der Waals surface area contributed by atoms with Crippen LogP contribution in [0, 0.1) is 6.92 Å². The van der Waals surface area contributed by atoms with Crippen molar-refractivity contribution in [3.05, 3.63) is 11.4 Å². The Kier molecular flexibility index (Phi) is 5.21. The summed E-state index contributed by atoms with van der Waals surface area (Å²) in [5, 5.41) is 3.38. The molecule has 1 heterocycles. The molecular weight excluding hydrogens is 248 g/mol. The van der Waals surface area contributed by atoms with E-state index in [9.17, 15) is 0 Å². The first kappa shape index (κ1) is 15.1. The minimum absolute atomic E-state index is 0.703. The molecule has 112 valence electrons. The summed E-state index contributed by atoms with van der Waals surface area (Å²) in [6, 6.07) is 0.703. The van der Waals surface area contributed by atoms with Crippen LogP contribution in [0.4, 0.5) is 11.6 Å². The normalized spacial score (nSPS) is 14.4. The smallest absolute Gasteiger partial charge is 0.137 e. The minimum atomic E-state index is 0.703. The summed E-state index contributed by atoms with van der Waals surface area (Å²) in [4.78, 5) is 12.0. The predicted octanol–water partition coefficient (Wildman–Crippen LogP) is 3.55. The molecule has 1 aliphatic rings. The van der Waals surface area contributed by atoms with Gasteiger partial charge in [-0.05, 0) is 33.1 Å². The Morgan fingerprint density at radius 1 is 1.20 bits per heavy atom. The van der Waals surface area contributed by atoms with Crippen LogP contribution >= 0.6 is 0 Å². The molecule has 2 rings (SSSR count). The van der Waals surface area contributed by atoms with Gasteiger partial charge in [0.15, 0.2) is 0 Å². The first-order valence-electron chi connectivity index (χ1n) is 8.09. The molecule has 1 fully saturated rings. The van der Waals surface area contributed by atoms with Gasteiger partial charge in [0.05, 0.1) is 0 Å². The summed E-state index contributed by atoms with van der Waals surface area (Å²) >= 11 is 0. The number of hydrogen-bond donors (Lipinski definition) is 1. The van der Waals surface area contributed by atoms with E-state index in [1.807, 2.05) is 0 Å². The number of nitrogens with zero attached hydrogens (tertiary/aromatic N) is 3. The Morgan fingerprint density at radius 3 is 2.50 bits per heavy atom. The van der Waals surface area contributed by atoms with Crippen molar-refractivity contribution in [2.75, 3.05) is 23.3 Å². The van der Waals surface area contributed by atoms with Gasteiger partial charge in [0.1, 0.15) is 17.5 Å². The third-order valence-corrected chi connectivity index (χ3v) is 3.84. The van der Waals surface area contributed by atoms with Gasteiger partial charge in [0, 0.05) is 31.1 Å². The molecule has 0 aromatic carbocycles. The number of nitrogens with one attached hydrogen (secondary N) is 1. The summed E-state index contributed by atoms with van der Waals surface area (Å²) in [7, 11) is 0. The molecule has 4 nitrogen and oxygen atoms in total. The van der Waals surface area contributed by atoms with Crippen LogP contribution in [0.5, 0.6) is 0 Å². The Morgan fingerprint density at radius 2 is 1.95 bits per heavy atom. The molecule has 1 aromatic heterocycles. The fourth-order valence-corrected chi connectivity index (χ4v) is 2.50. The van der Waals surface area contributed by atoms with Crippen molar-refractivity contribution in [1.29, 1.82) is 0 Å². The fraction of sp³-hybridized carbons (Fsp3) is 0.750. The Balaban J connectivity index is 2.33. The van der Waals surface area contributed by atoms with Gasteiger partial charge in [-0.2, -0.15) is 0 Å². The van der Waals surface area contributed by atoms with Gasteiger partial charge in [0.25, 0.3) is 0 Å². The molecule has 0 bridgehead atoms. The van der Waals surface area contributed by atoms with E-state index >= 15 is 0 Å². The van der Waals surface area contributed by atoms with Crippen LogP contribution < -0.4 is 10.2 Å². The Labute approximate surface area is 123 Å². The van der Waals surface area contributed by atoms with E-state index in [4.69, 9.17) is 4.98 Å². The molecule has 0 amide bonds. The van der Waals surface area contributed by atoms with Gasteiger partial charge < -0.3 is 10.2 Å². The van der Waals surface area contributed by atoms with Crippen molar-refractivity contribution >= 4 is 11.6 Å². The van der Waals surface area contributed by atoms with Crippen molar-refractivity contribution in [1.82, 2.24) is 9.97 Å². The number of aryl methyl sites for hydroxylation is 1. The van der Waals surface area contributed by atoms with Crippen molar-refractivity contribution in [2.24, 2.45) is 0 Å². The molecule has 0 radical (unpaired) electrons. The molecule has 0 atom stereocenters. The van der Waals surface area contributed by atoms with Gasteiger partial charge >= 0.3 is 0 Å². The molecule has 1 aromatic rings. The van der Waals surface area contributed by atoms with Crippen LogP contribution in [0.15, 0.2) is 0 Å². The van der Waals surface area contributed by atoms with Crippen LogP contribution in [-0.4, -0.2) is 29.1 Å². The zero-order chi connectivity index (χ0) is 14.5. The Hall–Kier alpha value is -1.32. The van der Waals surface area contributed by atoms with E-state index in [0.29, 0.717) is 6.04 Å². The molecule has 0 spiro atoms. The van der Waals surface area contributed by atoms with Gasteiger partial charge in [-0.25, -0.2) is 9.97 Å². The van der Waals surface area contributed by atoms with E-state index < -0.39 is 0 Å². The summed E-state index contributed by atoms with van der Waals surface area (Å²) in [6.07, 6.45) is 5.97. The maximum atomic E-state index is 4.82. The van der Waals surface area contributed by atoms with Crippen LogP contribution in [0.3, 0.4) is 0 Å². The quantitative estimate of drug-likeness (QED) is 0.788. The highest BCUT2D eigenvalue weighted by Crippen LogP contribution is 2.34. The monoisotopic (exact) mass is 276 g/mol. The number of hydrogen-bond acceptors (Lipinski definition) is 4. The van der Waals surface area contributed by atoms with Crippen molar-refractivity contribution in [3.63, 3.8) is 0 Å². The molecule has 20 heavy (non-hydrogen) atoms. The second-order valence-electron chi connectivity index (χ2n) is 5.60. The van der Waals surface area contributed by atoms with Crippen LogP contribution in [-0.2, 0) is 6.42 Å². The predicted molar refractivity (Wildman–Crippen MR) is 85.6 cm³/mol. The third kappa shape index (κ3) is 3.41. The zero-order valence-electron chi connectivity index (χ0n) is 13.4. The molecule has 4 heteroatoms. The molecule has 1 N–H and O–H groups in total. The lowest BCUT2D eigenvalue weighted by atomic mass is 10.2. The number of anilines is 2. The topological polar surface area (TPSA) is 41.1 Å². The summed E-state index contributed by atoms with van der Waals surface area (Å²) in [6.45, 7) is 10.7. The lowest BCUT2D eigenvalue weighted by molar-refractivity contribution is 0.697. The van der Waals surface area contributed by atoms with Crippen LogP contribution in [0.1, 0.15) is 57.8 Å². The zero-order valence-corrected chi connectivity index (χ0v) is 13.4. The maximum Gasteiger partial charge on any atom is 0.137 e. The standard InChI is InChI=1S/C16H28N4/c1-5-8-11-20(13-9-10-13)16-12(4)15(17-7-3)18-14(6-2)19-16/h13H,5-11H2,1-4H3,(H,17,18,19). The average Bonchev–Trinajstić information content (AvgIpc) is 3.27. The summed E-state index contributed by atoms with van der Waals surface area (Å²) in [5.74, 6) is 3.11. The van der Waals surface area contributed by atoms with Crippen molar-refractivity contribution in [3.8, 4) is 0 Å². The highest BCUT2D eigenvalue weighted by atomic mass is 15.2. The van der Waals surface area contributed by atoms with Crippen molar-refractivity contribution < 1.29 is 0 Å². The average molecular weight is 276 g/mol. The van der Waals surface area contributed by atoms with E-state index in [0.717, 1.165) is 37.0 Å². The minimum Gasteiger partial charge on any atom is -0.370 e. The second-order valence-corrected chi connectivity index (χ2v) is 5.60. The fourth-order valence-electron chi connectivity index (χ4n) is 2.50. The lowest BCUT2D eigenvalue weighted by Gasteiger charge is -2.26. The number of aromatic nitrogens is 2. The van der Waals surface area contributed by atoms with Gasteiger partial charge in [-0.1, -0.05) is 20.3 Å². The summed E-state index contributed by atoms with van der Waals surface area (Å²) in [5.41, 5.74) is 1.20. The first-order chi connectivity index (χ1) is 9.71. The van der Waals surface area contributed by atoms with E-state index in [1.165, 1.54) is 31.2 Å². The van der Waals surface area contributed by atoms with E-state index in [2.05, 4.69) is 42.9 Å². The van der Waals surface area contributed by atoms with Crippen molar-refractivity contribution in [2.45, 2.75) is 65.8 Å². The largest absolute Gasteiger partial charge is 0.370 e. The summed E-state index contributed by atoms with van der Waals surface area (Å²) < 4.78 is 0. The van der Waals surface area contributed by atoms with Gasteiger partial charge in [-0.15, -0.1) is 0 Å². The van der Waals surface area contributed by atoms with Crippen LogP contribution in [0.25, 0.3) is 0 Å². The molecule has 1 saturated carbocycles. The van der Waals surface area contributed by atoms with E-state index in [1.54, 1.807) is 0 Å². The first-order valence-corrected chi connectivity index (χ1v) is 8.09. The molecule has 0 saturated heterocycles. The van der Waals surface area contributed by atoms with E-state index in [-0.39, 0.29) is 0 Å². The second kappa shape index (κ2) is 6.91. The van der Waals surface area contributed by atoms with Gasteiger partial charge in [0.2, 0.25) is 0 Å². The van der Waals surface area contributed by atoms with Gasteiger partial charge in [-0.3, -0.25) is 0 Å². The molecule has 1 aliphatic carbocycles. The molecular formula is C16H28N4. The molecule has 0 aliphatic heterocycles. The highest BCUT2D eigenvalue weighted by molar-refractivity contribution is 5.59. The third-order valence-electron chi connectivity index (χ3n) is 3.84. The van der Waals surface area contributed by atoms with Crippen LogP contribution in [0.2, 0.25) is 0 Å². The number of unbranched alkanes of at least 4 members (excludes halogenated alkanes) is 1. The lowest BCUT2D eigenvalue weighted by Crippen LogP contribution is -2.29. The maximum absolute atomic E-state index is 4.82. The molecule has 0 unspecified atom stereocenters. The SMILES string of the molecule is CCCCN(c1nc(CC)nc(NCC)c1C)C1CC1. The number of rotatable bonds is 8. The Bertz CT molecular complexity index is 440.